The van der Waals surface area contributed by atoms with E-state index in [-0.39, 0.29) is 18.1 Å². The molecule has 26 heavy (non-hydrogen) atoms. The van der Waals surface area contributed by atoms with Gasteiger partial charge < -0.3 is 9.80 Å². The number of hydrogen-bond donors (Lipinski definition) is 0. The third-order valence-corrected chi connectivity index (χ3v) is 5.17. The molecule has 8 heteroatoms. The van der Waals surface area contributed by atoms with E-state index in [0.717, 1.165) is 50.4 Å². The summed E-state index contributed by atoms with van der Waals surface area (Å²) >= 11 is 0. The van der Waals surface area contributed by atoms with Gasteiger partial charge in [-0.05, 0) is 25.0 Å². The van der Waals surface area contributed by atoms with E-state index in [2.05, 4.69) is 15.0 Å². The second kappa shape index (κ2) is 7.31. The van der Waals surface area contributed by atoms with Gasteiger partial charge in [0.15, 0.2) is 0 Å². The van der Waals surface area contributed by atoms with E-state index in [0.29, 0.717) is 19.6 Å². The van der Waals surface area contributed by atoms with E-state index in [4.69, 9.17) is 0 Å². The Hall–Kier alpha value is -2.64. The molecule has 0 aliphatic carbocycles. The molecule has 2 aliphatic heterocycles. The summed E-state index contributed by atoms with van der Waals surface area (Å²) in [6, 6.07) is 5.84. The molecule has 1 amide bonds. The zero-order valence-electron chi connectivity index (χ0n) is 14.9. The molecule has 0 aromatic carbocycles. The molecule has 138 valence electrons. The quantitative estimate of drug-likeness (QED) is 0.801. The van der Waals surface area contributed by atoms with Crippen molar-refractivity contribution in [1.29, 1.82) is 0 Å². The molecular weight excluding hydrogens is 332 g/mol. The Kier molecular flexibility index (Phi) is 4.73. The Morgan fingerprint density at radius 3 is 2.65 bits per heavy atom. The van der Waals surface area contributed by atoms with Crippen LogP contribution in [0.15, 0.2) is 29.2 Å². The standard InChI is InChI=1S/C18H24N6O2/c25-17(14-24-18(26)23-9-5-1-2-7-16(23)20-24)22-12-10-21(11-13-22)15-6-3-4-8-19-15/h3-4,6,8H,1-2,5,7,9-14H2. The summed E-state index contributed by atoms with van der Waals surface area (Å²) < 4.78 is 3.08. The molecule has 0 unspecified atom stereocenters. The topological polar surface area (TPSA) is 76.3 Å². The molecule has 0 saturated carbocycles. The fourth-order valence-electron chi connectivity index (χ4n) is 3.68. The number of nitrogens with zero attached hydrogens (tertiary/aromatic N) is 6. The SMILES string of the molecule is O=C(Cn1nc2n(c1=O)CCCCC2)N1CCN(c2ccccn2)CC1. The molecule has 4 heterocycles. The molecule has 8 nitrogen and oxygen atoms in total. The molecule has 0 radical (unpaired) electrons. The summed E-state index contributed by atoms with van der Waals surface area (Å²) in [6.07, 6.45) is 5.78. The van der Waals surface area contributed by atoms with Gasteiger partial charge in [-0.25, -0.2) is 14.5 Å². The van der Waals surface area contributed by atoms with Gasteiger partial charge in [0.25, 0.3) is 0 Å². The number of carbonyl (C=O) groups excluding carboxylic acids is 1. The van der Waals surface area contributed by atoms with Gasteiger partial charge in [0.05, 0.1) is 0 Å². The minimum atomic E-state index is -0.151. The highest BCUT2D eigenvalue weighted by atomic mass is 16.2. The number of amides is 1. The number of aromatic nitrogens is 4. The maximum Gasteiger partial charge on any atom is 0.346 e. The van der Waals surface area contributed by atoms with Crippen molar-refractivity contribution in [3.63, 3.8) is 0 Å². The lowest BCUT2D eigenvalue weighted by Crippen LogP contribution is -2.50. The van der Waals surface area contributed by atoms with Gasteiger partial charge in [0, 0.05) is 45.3 Å². The number of fused-ring (bicyclic) bond motifs is 1. The van der Waals surface area contributed by atoms with E-state index in [9.17, 15) is 9.59 Å². The maximum atomic E-state index is 12.6. The summed E-state index contributed by atoms with van der Waals surface area (Å²) in [5, 5.41) is 4.41. The lowest BCUT2D eigenvalue weighted by Gasteiger charge is -2.35. The number of anilines is 1. The Balaban J connectivity index is 1.38. The Labute approximate surface area is 152 Å². The van der Waals surface area contributed by atoms with Crippen molar-refractivity contribution in [2.75, 3.05) is 31.1 Å². The predicted molar refractivity (Wildman–Crippen MR) is 97.1 cm³/mol. The summed E-state index contributed by atoms with van der Waals surface area (Å²) in [6.45, 7) is 3.51. The van der Waals surface area contributed by atoms with Crippen molar-refractivity contribution in [2.45, 2.75) is 38.8 Å². The first-order valence-corrected chi connectivity index (χ1v) is 9.32. The molecule has 0 atom stereocenters. The fraction of sp³-hybridized carbons (Fsp3) is 0.556. The number of carbonyl (C=O) groups is 1. The van der Waals surface area contributed by atoms with Crippen LogP contribution in [0.5, 0.6) is 0 Å². The molecule has 1 fully saturated rings. The smallest absolute Gasteiger partial charge is 0.346 e. The van der Waals surface area contributed by atoms with Crippen LogP contribution in [0.3, 0.4) is 0 Å². The van der Waals surface area contributed by atoms with Gasteiger partial charge in [-0.2, -0.15) is 5.10 Å². The second-order valence-corrected chi connectivity index (χ2v) is 6.87. The molecule has 2 aromatic rings. The maximum absolute atomic E-state index is 12.6. The van der Waals surface area contributed by atoms with Gasteiger partial charge in [0.2, 0.25) is 5.91 Å². The molecule has 1 saturated heterocycles. The van der Waals surface area contributed by atoms with Gasteiger partial charge in [-0.1, -0.05) is 12.5 Å². The number of aryl methyl sites for hydroxylation is 1. The van der Waals surface area contributed by atoms with Crippen molar-refractivity contribution in [3.8, 4) is 0 Å². The van der Waals surface area contributed by atoms with Crippen LogP contribution >= 0.6 is 0 Å². The fourth-order valence-corrected chi connectivity index (χ4v) is 3.68. The van der Waals surface area contributed by atoms with Crippen molar-refractivity contribution in [3.05, 3.63) is 40.7 Å². The van der Waals surface area contributed by atoms with Crippen LogP contribution in [0.4, 0.5) is 5.82 Å². The van der Waals surface area contributed by atoms with Crippen LogP contribution in [0.1, 0.15) is 25.1 Å². The highest BCUT2D eigenvalue weighted by Gasteiger charge is 2.24. The van der Waals surface area contributed by atoms with Crippen molar-refractivity contribution < 1.29 is 4.79 Å². The van der Waals surface area contributed by atoms with Crippen LogP contribution in [0.2, 0.25) is 0 Å². The number of hydrogen-bond acceptors (Lipinski definition) is 5. The van der Waals surface area contributed by atoms with Crippen molar-refractivity contribution in [1.82, 2.24) is 24.2 Å². The van der Waals surface area contributed by atoms with Crippen LogP contribution in [0.25, 0.3) is 0 Å². The van der Waals surface area contributed by atoms with Crippen molar-refractivity contribution in [2.24, 2.45) is 0 Å². The zero-order chi connectivity index (χ0) is 17.9. The lowest BCUT2D eigenvalue weighted by molar-refractivity contribution is -0.132. The average Bonchev–Trinajstić information content (AvgIpc) is 2.85. The van der Waals surface area contributed by atoms with Crippen LogP contribution in [0, 0.1) is 0 Å². The summed E-state index contributed by atoms with van der Waals surface area (Å²) in [4.78, 5) is 33.5. The Morgan fingerprint density at radius 2 is 1.88 bits per heavy atom. The monoisotopic (exact) mass is 356 g/mol. The third-order valence-electron chi connectivity index (χ3n) is 5.17. The van der Waals surface area contributed by atoms with Gasteiger partial charge in [-0.15, -0.1) is 0 Å². The molecule has 0 N–H and O–H groups in total. The highest BCUT2D eigenvalue weighted by Crippen LogP contribution is 2.13. The minimum Gasteiger partial charge on any atom is -0.353 e. The lowest BCUT2D eigenvalue weighted by atomic mass is 10.2. The molecule has 4 rings (SSSR count). The normalized spacial score (nSPS) is 17.7. The number of pyridine rings is 1. The summed E-state index contributed by atoms with van der Waals surface area (Å²) in [5.41, 5.74) is -0.151. The van der Waals surface area contributed by atoms with E-state index in [1.54, 1.807) is 10.8 Å². The van der Waals surface area contributed by atoms with E-state index in [1.165, 1.54) is 4.68 Å². The predicted octanol–water partition coefficient (Wildman–Crippen LogP) is 0.515. The molecule has 0 spiro atoms. The van der Waals surface area contributed by atoms with Gasteiger partial charge in [0.1, 0.15) is 18.2 Å². The summed E-state index contributed by atoms with van der Waals surface area (Å²) in [5.74, 6) is 1.72. The molecular formula is C18H24N6O2. The van der Waals surface area contributed by atoms with Crippen LogP contribution in [-0.2, 0) is 24.3 Å². The van der Waals surface area contributed by atoms with E-state index >= 15 is 0 Å². The number of rotatable bonds is 3. The average molecular weight is 356 g/mol. The Morgan fingerprint density at radius 1 is 1.04 bits per heavy atom. The third kappa shape index (κ3) is 3.36. The second-order valence-electron chi connectivity index (χ2n) is 6.87. The first-order valence-electron chi connectivity index (χ1n) is 9.32. The highest BCUT2D eigenvalue weighted by molar-refractivity contribution is 5.76. The summed E-state index contributed by atoms with van der Waals surface area (Å²) in [7, 11) is 0. The minimum absolute atomic E-state index is 0.0302. The zero-order valence-corrected chi connectivity index (χ0v) is 14.9. The first kappa shape index (κ1) is 16.8. The number of piperazine rings is 1. The molecule has 2 aromatic heterocycles. The van der Waals surface area contributed by atoms with E-state index < -0.39 is 0 Å². The van der Waals surface area contributed by atoms with Gasteiger partial charge >= 0.3 is 5.69 Å². The van der Waals surface area contributed by atoms with Crippen LogP contribution in [-0.4, -0.2) is 56.3 Å². The molecule has 2 aliphatic rings. The Bertz CT molecular complexity index is 820. The largest absolute Gasteiger partial charge is 0.353 e. The van der Waals surface area contributed by atoms with Crippen LogP contribution < -0.4 is 10.6 Å². The molecule has 0 bridgehead atoms. The van der Waals surface area contributed by atoms with Crippen molar-refractivity contribution >= 4 is 11.7 Å². The first-order chi connectivity index (χ1) is 12.7. The van der Waals surface area contributed by atoms with E-state index in [1.807, 2.05) is 23.1 Å². The van der Waals surface area contributed by atoms with Gasteiger partial charge in [-0.3, -0.25) is 9.36 Å².